The largest absolute Gasteiger partial charge is 0.493 e. The second kappa shape index (κ2) is 9.16. The number of hydrogen-bond donors (Lipinski definition) is 1. The summed E-state index contributed by atoms with van der Waals surface area (Å²) in [4.78, 5) is 28.1. The summed E-state index contributed by atoms with van der Waals surface area (Å²) in [6.45, 7) is 5.68. The van der Waals surface area contributed by atoms with Crippen LogP contribution in [-0.2, 0) is 0 Å². The lowest BCUT2D eigenvalue weighted by Crippen LogP contribution is -2.54. The van der Waals surface area contributed by atoms with Crippen molar-refractivity contribution in [1.82, 2.24) is 4.90 Å². The van der Waals surface area contributed by atoms with Crippen LogP contribution in [0.1, 0.15) is 79.7 Å². The van der Waals surface area contributed by atoms with E-state index in [1.165, 1.54) is 31.9 Å². The number of furan rings is 1. The Hall–Kier alpha value is -2.76. The van der Waals surface area contributed by atoms with Gasteiger partial charge in [0, 0.05) is 24.3 Å². The highest BCUT2D eigenvalue weighted by molar-refractivity contribution is 6.03. The van der Waals surface area contributed by atoms with Gasteiger partial charge in [-0.25, -0.2) is 0 Å². The predicted molar refractivity (Wildman–Crippen MR) is 120 cm³/mol. The summed E-state index contributed by atoms with van der Waals surface area (Å²) in [5.74, 6) is 0.459. The van der Waals surface area contributed by atoms with Gasteiger partial charge in [-0.1, -0.05) is 26.7 Å². The Morgan fingerprint density at radius 3 is 2.84 bits per heavy atom. The van der Waals surface area contributed by atoms with Crippen LogP contribution in [0.4, 0.5) is 5.69 Å². The number of anilines is 1. The molecular formula is C25H32N2O4. The molecule has 2 heterocycles. The summed E-state index contributed by atoms with van der Waals surface area (Å²) in [5.41, 5.74) is 1.36. The van der Waals surface area contributed by atoms with Gasteiger partial charge in [-0.3, -0.25) is 9.59 Å². The van der Waals surface area contributed by atoms with E-state index in [1.54, 1.807) is 30.3 Å². The van der Waals surface area contributed by atoms with Gasteiger partial charge in [0.25, 0.3) is 11.8 Å². The number of rotatable bonds is 6. The predicted octanol–water partition coefficient (Wildman–Crippen LogP) is 5.51. The Balaban J connectivity index is 1.58. The molecule has 2 aromatic rings. The SMILES string of the molecule is CCCOc1cc(NC(=O)c2ccco2)ccc1C(=O)N1CCCC2(C)CCCCC12. The minimum atomic E-state index is -0.334. The standard InChI is InChI=1S/C25H32N2O4/c1-3-15-30-21-17-18(26-23(28)20-8-6-16-31-20)10-11-19(21)24(29)27-14-7-13-25(2)12-5-4-9-22(25)27/h6,8,10-11,16-17,22H,3-5,7,9,12-15H2,1-2H3,(H,26,28). The molecule has 1 saturated heterocycles. The first kappa shape index (κ1) is 21.5. The van der Waals surface area contributed by atoms with Crippen molar-refractivity contribution in [3.05, 3.63) is 47.9 Å². The summed E-state index contributed by atoms with van der Waals surface area (Å²) in [5, 5.41) is 2.82. The lowest BCUT2D eigenvalue weighted by molar-refractivity contribution is -0.000659. The maximum absolute atomic E-state index is 13.6. The van der Waals surface area contributed by atoms with Gasteiger partial charge in [-0.05, 0) is 61.8 Å². The molecule has 2 amide bonds. The van der Waals surface area contributed by atoms with E-state index < -0.39 is 0 Å². The highest BCUT2D eigenvalue weighted by atomic mass is 16.5. The number of carbonyl (C=O) groups is 2. The molecule has 0 spiro atoms. The molecule has 2 aliphatic rings. The minimum absolute atomic E-state index is 0.0350. The van der Waals surface area contributed by atoms with Crippen molar-refractivity contribution in [1.29, 1.82) is 0 Å². The van der Waals surface area contributed by atoms with Crippen molar-refractivity contribution in [2.45, 2.75) is 64.8 Å². The molecule has 1 aliphatic heterocycles. The first-order chi connectivity index (χ1) is 15.0. The molecule has 4 rings (SSSR count). The molecular weight excluding hydrogens is 392 g/mol. The average molecular weight is 425 g/mol. The number of nitrogens with zero attached hydrogens (tertiary/aromatic N) is 1. The van der Waals surface area contributed by atoms with Crippen molar-refractivity contribution in [2.75, 3.05) is 18.5 Å². The van der Waals surface area contributed by atoms with Gasteiger partial charge in [0.1, 0.15) is 5.75 Å². The molecule has 2 fully saturated rings. The molecule has 6 nitrogen and oxygen atoms in total. The van der Waals surface area contributed by atoms with Gasteiger partial charge in [-0.2, -0.15) is 0 Å². The van der Waals surface area contributed by atoms with Crippen LogP contribution in [0.25, 0.3) is 0 Å². The van der Waals surface area contributed by atoms with Gasteiger partial charge in [0.15, 0.2) is 5.76 Å². The molecule has 1 saturated carbocycles. The first-order valence-electron chi connectivity index (χ1n) is 11.4. The molecule has 0 bridgehead atoms. The van der Waals surface area contributed by atoms with Crippen LogP contribution in [0, 0.1) is 5.41 Å². The number of likely N-dealkylation sites (tertiary alicyclic amines) is 1. The van der Waals surface area contributed by atoms with Gasteiger partial charge >= 0.3 is 0 Å². The van der Waals surface area contributed by atoms with Crippen molar-refractivity contribution in [3.8, 4) is 5.75 Å². The third-order valence-corrected chi connectivity index (χ3v) is 6.74. The normalized spacial score (nSPS) is 23.2. The van der Waals surface area contributed by atoms with Gasteiger partial charge < -0.3 is 19.4 Å². The Morgan fingerprint density at radius 1 is 1.23 bits per heavy atom. The van der Waals surface area contributed by atoms with E-state index in [2.05, 4.69) is 17.1 Å². The molecule has 1 N–H and O–H groups in total. The van der Waals surface area contributed by atoms with Gasteiger partial charge in [0.2, 0.25) is 0 Å². The van der Waals surface area contributed by atoms with Gasteiger partial charge in [0.05, 0.1) is 18.4 Å². The molecule has 1 aromatic carbocycles. The quantitative estimate of drug-likeness (QED) is 0.664. The summed E-state index contributed by atoms with van der Waals surface area (Å²) in [6.07, 6.45) is 9.23. The number of amides is 2. The zero-order valence-electron chi connectivity index (χ0n) is 18.5. The zero-order chi connectivity index (χ0) is 21.8. The van der Waals surface area contributed by atoms with E-state index >= 15 is 0 Å². The minimum Gasteiger partial charge on any atom is -0.493 e. The maximum atomic E-state index is 13.6. The van der Waals surface area contributed by atoms with Crippen LogP contribution < -0.4 is 10.1 Å². The van der Waals surface area contributed by atoms with Crippen molar-refractivity contribution in [3.63, 3.8) is 0 Å². The fourth-order valence-electron chi connectivity index (χ4n) is 5.12. The third-order valence-electron chi connectivity index (χ3n) is 6.74. The van der Waals surface area contributed by atoms with Crippen molar-refractivity contribution >= 4 is 17.5 Å². The van der Waals surface area contributed by atoms with E-state index in [1.807, 2.05) is 6.92 Å². The summed E-state index contributed by atoms with van der Waals surface area (Å²) < 4.78 is 11.1. The first-order valence-corrected chi connectivity index (χ1v) is 11.4. The van der Waals surface area contributed by atoms with E-state index in [9.17, 15) is 9.59 Å². The lowest BCUT2D eigenvalue weighted by atomic mass is 9.66. The average Bonchev–Trinajstić information content (AvgIpc) is 3.31. The maximum Gasteiger partial charge on any atom is 0.291 e. The smallest absolute Gasteiger partial charge is 0.291 e. The number of carbonyl (C=O) groups excluding carboxylic acids is 2. The molecule has 6 heteroatoms. The van der Waals surface area contributed by atoms with Crippen LogP contribution in [0.3, 0.4) is 0 Å². The Labute approximate surface area is 183 Å². The number of fused-ring (bicyclic) bond motifs is 1. The van der Waals surface area contributed by atoms with E-state index in [0.29, 0.717) is 29.6 Å². The zero-order valence-corrected chi connectivity index (χ0v) is 18.5. The summed E-state index contributed by atoms with van der Waals surface area (Å²) in [6, 6.07) is 8.85. The molecule has 0 radical (unpaired) electrons. The molecule has 31 heavy (non-hydrogen) atoms. The Kier molecular flexibility index (Phi) is 6.35. The molecule has 166 valence electrons. The molecule has 2 unspecified atom stereocenters. The Morgan fingerprint density at radius 2 is 2.06 bits per heavy atom. The second-order valence-electron chi connectivity index (χ2n) is 9.01. The second-order valence-corrected chi connectivity index (χ2v) is 9.01. The van der Waals surface area contributed by atoms with Crippen LogP contribution in [0.5, 0.6) is 5.75 Å². The number of nitrogens with one attached hydrogen (secondary N) is 1. The van der Waals surface area contributed by atoms with Gasteiger partial charge in [-0.15, -0.1) is 0 Å². The Bertz CT molecular complexity index is 920. The van der Waals surface area contributed by atoms with Crippen LogP contribution >= 0.6 is 0 Å². The van der Waals surface area contributed by atoms with E-state index in [-0.39, 0.29) is 23.0 Å². The number of ether oxygens (including phenoxy) is 1. The van der Waals surface area contributed by atoms with E-state index in [0.717, 1.165) is 25.8 Å². The highest BCUT2D eigenvalue weighted by Gasteiger charge is 2.44. The lowest BCUT2D eigenvalue weighted by Gasteiger charge is -2.51. The molecule has 1 aromatic heterocycles. The van der Waals surface area contributed by atoms with Crippen LogP contribution in [-0.4, -0.2) is 35.9 Å². The monoisotopic (exact) mass is 424 g/mol. The number of piperidine rings is 1. The molecule has 1 aliphatic carbocycles. The number of hydrogen-bond acceptors (Lipinski definition) is 4. The molecule has 2 atom stereocenters. The van der Waals surface area contributed by atoms with Crippen molar-refractivity contribution in [2.24, 2.45) is 5.41 Å². The highest BCUT2D eigenvalue weighted by Crippen LogP contribution is 2.46. The fourth-order valence-corrected chi connectivity index (χ4v) is 5.12. The van der Waals surface area contributed by atoms with E-state index in [4.69, 9.17) is 9.15 Å². The third kappa shape index (κ3) is 4.48. The summed E-state index contributed by atoms with van der Waals surface area (Å²) in [7, 11) is 0. The van der Waals surface area contributed by atoms with Crippen molar-refractivity contribution < 1.29 is 18.7 Å². The van der Waals surface area contributed by atoms with Crippen LogP contribution in [0.2, 0.25) is 0 Å². The fraction of sp³-hybridized carbons (Fsp3) is 0.520. The summed E-state index contributed by atoms with van der Waals surface area (Å²) >= 11 is 0. The van der Waals surface area contributed by atoms with Crippen LogP contribution in [0.15, 0.2) is 41.0 Å². The number of benzene rings is 1. The topological polar surface area (TPSA) is 71.8 Å².